The van der Waals surface area contributed by atoms with Crippen LogP contribution in [0.15, 0.2) is 47.4 Å². The lowest BCUT2D eigenvalue weighted by Crippen LogP contribution is -2.32. The van der Waals surface area contributed by atoms with Crippen molar-refractivity contribution in [3.8, 4) is 0 Å². The number of anilines is 1. The molecule has 0 saturated carbocycles. The number of nitrogens with one attached hydrogen (secondary N) is 2. The van der Waals surface area contributed by atoms with Gasteiger partial charge in [-0.25, -0.2) is 17.5 Å². The Kier molecular flexibility index (Phi) is 7.46. The molecule has 0 saturated heterocycles. The molecule has 156 valence electrons. The summed E-state index contributed by atoms with van der Waals surface area (Å²) in [5, 5.41) is 2.43. The molecule has 2 rings (SSSR count). The summed E-state index contributed by atoms with van der Waals surface area (Å²) in [5.74, 6) is -1.88. The van der Waals surface area contributed by atoms with Gasteiger partial charge < -0.3 is 10.1 Å². The zero-order valence-corrected chi connectivity index (χ0v) is 17.2. The summed E-state index contributed by atoms with van der Waals surface area (Å²) in [6.45, 7) is 4.66. The van der Waals surface area contributed by atoms with Crippen LogP contribution in [0.5, 0.6) is 0 Å². The summed E-state index contributed by atoms with van der Waals surface area (Å²) in [4.78, 5) is 24.1. The summed E-state index contributed by atoms with van der Waals surface area (Å²) in [6.07, 6.45) is -1.37. The molecule has 0 unspecified atom stereocenters. The van der Waals surface area contributed by atoms with E-state index >= 15 is 0 Å². The van der Waals surface area contributed by atoms with Gasteiger partial charge in [-0.2, -0.15) is 0 Å². The summed E-state index contributed by atoms with van der Waals surface area (Å²) < 4.78 is 45.3. The molecule has 0 spiro atoms. The third kappa shape index (κ3) is 6.65. The van der Waals surface area contributed by atoms with Crippen LogP contribution in [0.3, 0.4) is 0 Å². The molecular weight excluding hydrogens is 399 g/mol. The van der Waals surface area contributed by atoms with Crippen molar-refractivity contribution in [3.05, 3.63) is 59.4 Å². The van der Waals surface area contributed by atoms with E-state index in [1.807, 2.05) is 6.07 Å². The van der Waals surface area contributed by atoms with Gasteiger partial charge in [-0.05, 0) is 56.2 Å². The van der Waals surface area contributed by atoms with E-state index in [0.29, 0.717) is 5.56 Å². The fourth-order valence-corrected chi connectivity index (χ4v) is 3.84. The van der Waals surface area contributed by atoms with E-state index in [1.54, 1.807) is 26.0 Å². The first kappa shape index (κ1) is 22.5. The van der Waals surface area contributed by atoms with Crippen LogP contribution >= 0.6 is 0 Å². The highest BCUT2D eigenvalue weighted by Gasteiger charge is 2.20. The van der Waals surface area contributed by atoms with Crippen molar-refractivity contribution < 1.29 is 27.1 Å². The number of rotatable bonds is 8. The molecule has 0 radical (unpaired) electrons. The summed E-state index contributed by atoms with van der Waals surface area (Å²) in [7, 11) is -3.77. The zero-order chi connectivity index (χ0) is 21.6. The largest absolute Gasteiger partial charge is 0.452 e. The molecule has 2 aromatic carbocycles. The molecule has 2 N–H and O–H groups in total. The number of hydrogen-bond donors (Lipinski definition) is 2. The van der Waals surface area contributed by atoms with Crippen molar-refractivity contribution in [3.63, 3.8) is 0 Å². The van der Waals surface area contributed by atoms with Gasteiger partial charge in [-0.1, -0.05) is 18.2 Å². The summed E-state index contributed by atoms with van der Waals surface area (Å²) >= 11 is 0. The van der Waals surface area contributed by atoms with Crippen LogP contribution < -0.4 is 10.0 Å². The van der Waals surface area contributed by atoms with Crippen LogP contribution in [0.4, 0.5) is 10.1 Å². The monoisotopic (exact) mass is 422 g/mol. The Morgan fingerprint density at radius 3 is 2.55 bits per heavy atom. The highest BCUT2D eigenvalue weighted by atomic mass is 32.2. The Hall–Kier alpha value is -2.78. The lowest BCUT2D eigenvalue weighted by atomic mass is 10.2. The second-order valence-corrected chi connectivity index (χ2v) is 8.28. The van der Waals surface area contributed by atoms with E-state index < -0.39 is 33.8 Å². The maximum atomic E-state index is 13.1. The van der Waals surface area contributed by atoms with Gasteiger partial charge >= 0.3 is 5.97 Å². The Bertz CT molecular complexity index is 1010. The molecule has 0 fully saturated rings. The first-order valence-corrected chi connectivity index (χ1v) is 10.4. The van der Waals surface area contributed by atoms with Crippen molar-refractivity contribution in [2.24, 2.45) is 0 Å². The van der Waals surface area contributed by atoms with Crippen molar-refractivity contribution in [1.29, 1.82) is 0 Å². The maximum absolute atomic E-state index is 13.1. The molecule has 0 aliphatic heterocycles. The molecule has 0 bridgehead atoms. The zero-order valence-electron chi connectivity index (χ0n) is 16.4. The summed E-state index contributed by atoms with van der Waals surface area (Å²) in [6, 6.07) is 10.4. The minimum absolute atomic E-state index is 0.147. The first-order chi connectivity index (χ1) is 13.6. The lowest BCUT2D eigenvalue weighted by molar-refractivity contribution is -0.152. The number of hydrogen-bond acceptors (Lipinski definition) is 5. The quantitative estimate of drug-likeness (QED) is 0.637. The maximum Gasteiger partial charge on any atom is 0.307 e. The topological polar surface area (TPSA) is 102 Å². The average Bonchev–Trinajstić information content (AvgIpc) is 2.63. The number of carbonyl (C=O) groups excluding carboxylic acids is 2. The molecule has 9 heteroatoms. The van der Waals surface area contributed by atoms with Gasteiger partial charge in [0.05, 0.1) is 11.3 Å². The molecule has 2 aromatic rings. The molecule has 1 amide bonds. The molecular formula is C20H23FN2O5S. The molecule has 29 heavy (non-hydrogen) atoms. The van der Waals surface area contributed by atoms with Crippen LogP contribution in [-0.4, -0.2) is 32.9 Å². The van der Waals surface area contributed by atoms with Gasteiger partial charge in [0.25, 0.3) is 5.91 Å². The van der Waals surface area contributed by atoms with Crippen molar-refractivity contribution in [2.45, 2.75) is 38.2 Å². The third-order valence-electron chi connectivity index (χ3n) is 4.02. The smallest absolute Gasteiger partial charge is 0.307 e. The van der Waals surface area contributed by atoms with Gasteiger partial charge in [-0.15, -0.1) is 0 Å². The molecule has 0 aliphatic carbocycles. The Morgan fingerprint density at radius 2 is 1.86 bits per heavy atom. The normalized spacial score (nSPS) is 12.3. The second kappa shape index (κ2) is 9.62. The predicted octanol–water partition coefficient (Wildman–Crippen LogP) is 2.68. The molecule has 0 aromatic heterocycles. The van der Waals surface area contributed by atoms with Gasteiger partial charge in [0, 0.05) is 12.2 Å². The van der Waals surface area contributed by atoms with Crippen LogP contribution in [0.25, 0.3) is 0 Å². The van der Waals surface area contributed by atoms with E-state index in [-0.39, 0.29) is 23.5 Å². The van der Waals surface area contributed by atoms with Crippen LogP contribution in [0.1, 0.15) is 24.5 Å². The number of carbonyl (C=O) groups is 2. The summed E-state index contributed by atoms with van der Waals surface area (Å²) in [5.41, 5.74) is 1.63. The minimum Gasteiger partial charge on any atom is -0.452 e. The fraction of sp³-hybridized carbons (Fsp3) is 0.300. The number of esters is 1. The number of ether oxygens (including phenoxy) is 1. The van der Waals surface area contributed by atoms with E-state index in [4.69, 9.17) is 4.74 Å². The second-order valence-electron chi connectivity index (χ2n) is 6.55. The van der Waals surface area contributed by atoms with Gasteiger partial charge in [0.1, 0.15) is 5.82 Å². The third-order valence-corrected chi connectivity index (χ3v) is 5.63. The van der Waals surface area contributed by atoms with Crippen molar-refractivity contribution >= 4 is 27.6 Å². The predicted molar refractivity (Wildman–Crippen MR) is 106 cm³/mol. The van der Waals surface area contributed by atoms with Crippen LogP contribution in [0, 0.1) is 19.7 Å². The SMILES string of the molecule is Cc1ccc(C)c(S(=O)(=O)NCCC(=O)O[C@@H](C)C(=O)Nc2cccc(F)c2)c1. The Morgan fingerprint density at radius 1 is 1.14 bits per heavy atom. The van der Waals surface area contributed by atoms with Gasteiger partial charge in [0.15, 0.2) is 6.10 Å². The fourth-order valence-electron chi connectivity index (χ4n) is 2.48. The highest BCUT2D eigenvalue weighted by molar-refractivity contribution is 7.89. The van der Waals surface area contributed by atoms with Crippen molar-refractivity contribution in [2.75, 3.05) is 11.9 Å². The number of amides is 1. The average molecular weight is 422 g/mol. The number of sulfonamides is 1. The van der Waals surface area contributed by atoms with E-state index in [9.17, 15) is 22.4 Å². The Balaban J connectivity index is 1.84. The van der Waals surface area contributed by atoms with Crippen molar-refractivity contribution in [1.82, 2.24) is 4.72 Å². The number of aryl methyl sites for hydroxylation is 2. The minimum atomic E-state index is -3.77. The standard InChI is InChI=1S/C20H23FN2O5S/c1-13-7-8-14(2)18(11-13)29(26,27)22-10-9-19(24)28-15(3)20(25)23-17-6-4-5-16(21)12-17/h4-8,11-12,15,22H,9-10H2,1-3H3,(H,23,25)/t15-/m0/s1. The first-order valence-electron chi connectivity index (χ1n) is 8.91. The van der Waals surface area contributed by atoms with Gasteiger partial charge in [0.2, 0.25) is 10.0 Å². The van der Waals surface area contributed by atoms with E-state index in [1.165, 1.54) is 25.1 Å². The number of benzene rings is 2. The molecule has 0 aliphatic rings. The molecule has 0 heterocycles. The molecule has 7 nitrogen and oxygen atoms in total. The van der Waals surface area contributed by atoms with Crippen LogP contribution in [0.2, 0.25) is 0 Å². The van der Waals surface area contributed by atoms with Gasteiger partial charge in [-0.3, -0.25) is 9.59 Å². The lowest BCUT2D eigenvalue weighted by Gasteiger charge is -2.14. The van der Waals surface area contributed by atoms with E-state index in [2.05, 4.69) is 10.0 Å². The van der Waals surface area contributed by atoms with E-state index in [0.717, 1.165) is 11.6 Å². The van der Waals surface area contributed by atoms with Crippen LogP contribution in [-0.2, 0) is 24.3 Å². The molecule has 1 atom stereocenters. The Labute approximate surface area is 169 Å². The number of halogens is 1. The highest BCUT2D eigenvalue weighted by Crippen LogP contribution is 2.16.